The van der Waals surface area contributed by atoms with Gasteiger partial charge < -0.3 is 11.5 Å². The van der Waals surface area contributed by atoms with Crippen molar-refractivity contribution in [2.75, 3.05) is 11.5 Å². The highest BCUT2D eigenvalue weighted by atomic mass is 32.2. The van der Waals surface area contributed by atoms with Crippen LogP contribution in [0.2, 0.25) is 0 Å². The minimum absolute atomic E-state index is 0.710. The van der Waals surface area contributed by atoms with Crippen LogP contribution in [0.15, 0.2) is 53.4 Å². The molecule has 2 aromatic rings. The van der Waals surface area contributed by atoms with Gasteiger partial charge in [0.05, 0.1) is 0 Å². The highest BCUT2D eigenvalue weighted by molar-refractivity contribution is 7.98. The van der Waals surface area contributed by atoms with Gasteiger partial charge in [0.2, 0.25) is 0 Å². The molecule has 16 heavy (non-hydrogen) atoms. The zero-order valence-corrected chi connectivity index (χ0v) is 9.71. The normalized spacial score (nSPS) is 10.2. The minimum Gasteiger partial charge on any atom is -0.399 e. The Labute approximate surface area is 99.7 Å². The highest BCUT2D eigenvalue weighted by Crippen LogP contribution is 2.29. The molecule has 0 unspecified atom stereocenters. The fraction of sp³-hybridized carbons (Fsp3) is 0.0769. The van der Waals surface area contributed by atoms with Crippen LogP contribution in [0.1, 0.15) is 5.56 Å². The van der Waals surface area contributed by atoms with Crippen molar-refractivity contribution < 1.29 is 0 Å². The Morgan fingerprint density at radius 1 is 0.938 bits per heavy atom. The number of thioether (sulfide) groups is 1. The molecule has 0 heterocycles. The summed E-state index contributed by atoms with van der Waals surface area (Å²) in [5, 5.41) is 0. The third-order valence-corrected chi connectivity index (χ3v) is 3.43. The van der Waals surface area contributed by atoms with E-state index in [4.69, 9.17) is 11.5 Å². The molecule has 0 amide bonds. The SMILES string of the molecule is Nc1ccc(SCc2ccccc2)c(N)c1. The van der Waals surface area contributed by atoms with Crippen molar-refractivity contribution in [1.82, 2.24) is 0 Å². The maximum absolute atomic E-state index is 5.88. The average Bonchev–Trinajstić information content (AvgIpc) is 2.29. The summed E-state index contributed by atoms with van der Waals surface area (Å²) in [6, 6.07) is 16.0. The second-order valence-electron chi connectivity index (χ2n) is 3.57. The smallest absolute Gasteiger partial charge is 0.0472 e. The van der Waals surface area contributed by atoms with Crippen molar-refractivity contribution in [3.8, 4) is 0 Å². The molecule has 0 atom stereocenters. The Balaban J connectivity index is 2.05. The van der Waals surface area contributed by atoms with E-state index in [1.807, 2.05) is 30.3 Å². The number of hydrogen-bond acceptors (Lipinski definition) is 3. The summed E-state index contributed by atoms with van der Waals surface area (Å²) < 4.78 is 0. The molecule has 0 aromatic heterocycles. The van der Waals surface area contributed by atoms with Crippen LogP contribution < -0.4 is 11.5 Å². The summed E-state index contributed by atoms with van der Waals surface area (Å²) in [4.78, 5) is 1.08. The Hall–Kier alpha value is -1.61. The molecule has 4 N–H and O–H groups in total. The summed E-state index contributed by atoms with van der Waals surface area (Å²) >= 11 is 1.73. The molecule has 0 aliphatic carbocycles. The number of benzene rings is 2. The molecule has 0 aliphatic heterocycles. The molecule has 2 rings (SSSR count). The minimum atomic E-state index is 0.710. The summed E-state index contributed by atoms with van der Waals surface area (Å²) in [7, 11) is 0. The second kappa shape index (κ2) is 4.94. The second-order valence-corrected chi connectivity index (χ2v) is 4.59. The largest absolute Gasteiger partial charge is 0.399 e. The van der Waals surface area contributed by atoms with E-state index in [0.717, 1.165) is 16.3 Å². The lowest BCUT2D eigenvalue weighted by atomic mass is 10.2. The van der Waals surface area contributed by atoms with Crippen molar-refractivity contribution in [2.45, 2.75) is 10.6 Å². The van der Waals surface area contributed by atoms with Crippen LogP contribution in [0, 0.1) is 0 Å². The van der Waals surface area contributed by atoms with Gasteiger partial charge in [-0.05, 0) is 23.8 Å². The monoisotopic (exact) mass is 230 g/mol. The standard InChI is InChI=1S/C13H14N2S/c14-11-6-7-13(12(15)8-11)16-9-10-4-2-1-3-5-10/h1-8H,9,14-15H2. The average molecular weight is 230 g/mol. The highest BCUT2D eigenvalue weighted by Gasteiger charge is 2.00. The summed E-state index contributed by atoms with van der Waals surface area (Å²) in [5.41, 5.74) is 14.3. The molecule has 2 nitrogen and oxygen atoms in total. The van der Waals surface area contributed by atoms with E-state index < -0.39 is 0 Å². The molecule has 0 spiro atoms. The van der Waals surface area contributed by atoms with E-state index in [-0.39, 0.29) is 0 Å². The maximum atomic E-state index is 5.88. The van der Waals surface area contributed by atoms with E-state index in [2.05, 4.69) is 12.1 Å². The molecule has 2 aromatic carbocycles. The summed E-state index contributed by atoms with van der Waals surface area (Å²) in [6.07, 6.45) is 0. The summed E-state index contributed by atoms with van der Waals surface area (Å²) in [6.45, 7) is 0. The van der Waals surface area contributed by atoms with Crippen LogP contribution in [0.25, 0.3) is 0 Å². The fourth-order valence-corrected chi connectivity index (χ4v) is 2.34. The van der Waals surface area contributed by atoms with Crippen LogP contribution >= 0.6 is 11.8 Å². The van der Waals surface area contributed by atoms with Crippen LogP contribution in [0.4, 0.5) is 11.4 Å². The van der Waals surface area contributed by atoms with Crippen LogP contribution in [-0.4, -0.2) is 0 Å². The molecule has 0 aliphatic rings. The van der Waals surface area contributed by atoms with Crippen molar-refractivity contribution in [2.24, 2.45) is 0 Å². The van der Waals surface area contributed by atoms with Gasteiger partial charge in [0, 0.05) is 22.0 Å². The maximum Gasteiger partial charge on any atom is 0.0472 e. The van der Waals surface area contributed by atoms with E-state index >= 15 is 0 Å². The van der Waals surface area contributed by atoms with Crippen molar-refractivity contribution in [3.05, 3.63) is 54.1 Å². The van der Waals surface area contributed by atoms with Gasteiger partial charge in [0.1, 0.15) is 0 Å². The Kier molecular flexibility index (Phi) is 3.37. The molecular formula is C13H14N2S. The first-order valence-corrected chi connectivity index (χ1v) is 6.06. The van der Waals surface area contributed by atoms with Gasteiger partial charge >= 0.3 is 0 Å². The first-order valence-electron chi connectivity index (χ1n) is 5.07. The lowest BCUT2D eigenvalue weighted by Crippen LogP contribution is -1.92. The van der Waals surface area contributed by atoms with Gasteiger partial charge in [-0.2, -0.15) is 0 Å². The Morgan fingerprint density at radius 2 is 1.69 bits per heavy atom. The topological polar surface area (TPSA) is 52.0 Å². The van der Waals surface area contributed by atoms with Crippen LogP contribution in [0.5, 0.6) is 0 Å². The molecule has 82 valence electrons. The number of rotatable bonds is 3. The van der Waals surface area contributed by atoms with E-state index in [1.54, 1.807) is 17.8 Å². The van der Waals surface area contributed by atoms with Gasteiger partial charge in [-0.15, -0.1) is 11.8 Å². The summed E-state index contributed by atoms with van der Waals surface area (Å²) in [5.74, 6) is 0.926. The molecular weight excluding hydrogens is 216 g/mol. The molecule has 0 bridgehead atoms. The zero-order chi connectivity index (χ0) is 11.4. The fourth-order valence-electron chi connectivity index (χ4n) is 1.43. The predicted octanol–water partition coefficient (Wildman–Crippen LogP) is 3.14. The molecule has 0 radical (unpaired) electrons. The third-order valence-electron chi connectivity index (χ3n) is 2.27. The third kappa shape index (κ3) is 2.70. The zero-order valence-electron chi connectivity index (χ0n) is 8.89. The molecule has 0 saturated carbocycles. The first kappa shape index (κ1) is 10.9. The first-order chi connectivity index (χ1) is 7.75. The number of anilines is 2. The lowest BCUT2D eigenvalue weighted by Gasteiger charge is -2.06. The van der Waals surface area contributed by atoms with Gasteiger partial charge in [0.25, 0.3) is 0 Å². The molecule has 0 saturated heterocycles. The quantitative estimate of drug-likeness (QED) is 0.629. The molecule has 3 heteroatoms. The van der Waals surface area contributed by atoms with Gasteiger partial charge in [-0.25, -0.2) is 0 Å². The van der Waals surface area contributed by atoms with E-state index in [9.17, 15) is 0 Å². The number of nitrogens with two attached hydrogens (primary N) is 2. The van der Waals surface area contributed by atoms with Crippen LogP contribution in [-0.2, 0) is 5.75 Å². The van der Waals surface area contributed by atoms with Crippen molar-refractivity contribution in [3.63, 3.8) is 0 Å². The molecule has 0 fully saturated rings. The van der Waals surface area contributed by atoms with Gasteiger partial charge in [0.15, 0.2) is 0 Å². The number of hydrogen-bond donors (Lipinski definition) is 2. The van der Waals surface area contributed by atoms with Gasteiger partial charge in [-0.1, -0.05) is 30.3 Å². The Bertz CT molecular complexity index is 469. The van der Waals surface area contributed by atoms with Gasteiger partial charge in [-0.3, -0.25) is 0 Å². The van der Waals surface area contributed by atoms with Crippen LogP contribution in [0.3, 0.4) is 0 Å². The predicted molar refractivity (Wildman–Crippen MR) is 71.3 cm³/mol. The number of nitrogen functional groups attached to an aromatic ring is 2. The van der Waals surface area contributed by atoms with E-state index in [1.165, 1.54) is 5.56 Å². The lowest BCUT2D eigenvalue weighted by molar-refractivity contribution is 1.38. The van der Waals surface area contributed by atoms with Crippen molar-refractivity contribution >= 4 is 23.1 Å². The van der Waals surface area contributed by atoms with Crippen molar-refractivity contribution in [1.29, 1.82) is 0 Å². The Morgan fingerprint density at radius 3 is 2.38 bits per heavy atom. The van der Waals surface area contributed by atoms with E-state index in [0.29, 0.717) is 5.69 Å².